The van der Waals surface area contributed by atoms with Crippen LogP contribution in [0.3, 0.4) is 0 Å². The van der Waals surface area contributed by atoms with Crippen LogP contribution in [0.25, 0.3) is 0 Å². The van der Waals surface area contributed by atoms with E-state index in [-0.39, 0.29) is 5.54 Å². The summed E-state index contributed by atoms with van der Waals surface area (Å²) in [5.41, 5.74) is 1.13. The number of ether oxygens (including phenoxy) is 2. The lowest BCUT2D eigenvalue weighted by Gasteiger charge is -2.23. The maximum absolute atomic E-state index is 5.55. The van der Waals surface area contributed by atoms with Crippen molar-refractivity contribution in [3.8, 4) is 5.75 Å². The van der Waals surface area contributed by atoms with Gasteiger partial charge in [0.05, 0.1) is 13.2 Å². The molecule has 0 aliphatic carbocycles. The second kappa shape index (κ2) is 9.30. The molecule has 0 aromatic heterocycles. The van der Waals surface area contributed by atoms with Gasteiger partial charge >= 0.3 is 0 Å². The maximum Gasteiger partial charge on any atom is 0.191 e. The number of hydrogen-bond donors (Lipinski definition) is 2. The second-order valence-corrected chi connectivity index (χ2v) is 6.06. The molecule has 0 atom stereocenters. The highest BCUT2D eigenvalue weighted by Crippen LogP contribution is 2.12. The molecular weight excluding hydrogens is 278 g/mol. The van der Waals surface area contributed by atoms with E-state index < -0.39 is 0 Å². The Morgan fingerprint density at radius 1 is 1.14 bits per heavy atom. The van der Waals surface area contributed by atoms with Gasteiger partial charge in [0, 0.05) is 19.2 Å². The molecule has 0 saturated carbocycles. The molecule has 0 radical (unpaired) electrons. The van der Waals surface area contributed by atoms with Gasteiger partial charge in [0.1, 0.15) is 12.4 Å². The first-order chi connectivity index (χ1) is 10.4. The number of nitrogens with zero attached hydrogens (tertiary/aromatic N) is 1. The Morgan fingerprint density at radius 3 is 2.36 bits per heavy atom. The van der Waals surface area contributed by atoms with Crippen molar-refractivity contribution in [2.75, 3.05) is 26.9 Å². The van der Waals surface area contributed by atoms with Crippen molar-refractivity contribution < 1.29 is 9.47 Å². The van der Waals surface area contributed by atoms with Gasteiger partial charge in [0.15, 0.2) is 5.96 Å². The molecule has 0 aliphatic rings. The van der Waals surface area contributed by atoms with E-state index in [1.165, 1.54) is 0 Å². The van der Waals surface area contributed by atoms with Crippen LogP contribution in [0.5, 0.6) is 5.75 Å². The van der Waals surface area contributed by atoms with Crippen molar-refractivity contribution >= 4 is 5.96 Å². The Bertz CT molecular complexity index is 450. The Kier molecular flexibility index (Phi) is 7.74. The zero-order chi connectivity index (χ0) is 16.4. The van der Waals surface area contributed by atoms with Crippen LogP contribution in [0.1, 0.15) is 33.3 Å². The van der Waals surface area contributed by atoms with E-state index in [4.69, 9.17) is 9.47 Å². The maximum atomic E-state index is 5.55. The third-order valence-corrected chi connectivity index (χ3v) is 2.74. The molecule has 124 valence electrons. The summed E-state index contributed by atoms with van der Waals surface area (Å²) in [5.74, 6) is 1.68. The average molecular weight is 307 g/mol. The number of hydrogen-bond acceptors (Lipinski definition) is 3. The quantitative estimate of drug-likeness (QED) is 0.462. The van der Waals surface area contributed by atoms with Gasteiger partial charge in [-0.3, -0.25) is 0 Å². The van der Waals surface area contributed by atoms with Crippen molar-refractivity contribution in [1.29, 1.82) is 0 Å². The van der Waals surface area contributed by atoms with Crippen LogP contribution in [0.2, 0.25) is 0 Å². The lowest BCUT2D eigenvalue weighted by molar-refractivity contribution is 0.146. The van der Waals surface area contributed by atoms with Crippen LogP contribution in [0.4, 0.5) is 0 Å². The first-order valence-electron chi connectivity index (χ1n) is 7.72. The molecule has 1 aromatic rings. The highest BCUT2D eigenvalue weighted by atomic mass is 16.5. The molecule has 5 nitrogen and oxygen atoms in total. The van der Waals surface area contributed by atoms with Crippen LogP contribution in [-0.4, -0.2) is 38.4 Å². The molecule has 1 rings (SSSR count). The van der Waals surface area contributed by atoms with E-state index in [1.54, 1.807) is 7.11 Å². The van der Waals surface area contributed by atoms with E-state index in [0.717, 1.165) is 23.8 Å². The van der Waals surface area contributed by atoms with Crippen molar-refractivity contribution in [2.45, 2.75) is 39.8 Å². The molecule has 22 heavy (non-hydrogen) atoms. The summed E-state index contributed by atoms with van der Waals surface area (Å²) in [6, 6.07) is 7.99. The minimum Gasteiger partial charge on any atom is -0.491 e. The normalized spacial score (nSPS) is 12.1. The summed E-state index contributed by atoms with van der Waals surface area (Å²) >= 11 is 0. The fourth-order valence-corrected chi connectivity index (χ4v) is 1.77. The van der Waals surface area contributed by atoms with Crippen LogP contribution in [0.15, 0.2) is 29.3 Å². The van der Waals surface area contributed by atoms with Crippen molar-refractivity contribution in [3.63, 3.8) is 0 Å². The van der Waals surface area contributed by atoms with Crippen molar-refractivity contribution in [3.05, 3.63) is 29.8 Å². The van der Waals surface area contributed by atoms with Crippen molar-refractivity contribution in [1.82, 2.24) is 10.6 Å². The predicted octanol–water partition coefficient (Wildman–Crippen LogP) is 2.57. The highest BCUT2D eigenvalue weighted by Gasteiger charge is 2.11. The molecular formula is C17H29N3O2. The highest BCUT2D eigenvalue weighted by molar-refractivity contribution is 5.80. The molecule has 0 fully saturated rings. The fraction of sp³-hybridized carbons (Fsp3) is 0.588. The largest absolute Gasteiger partial charge is 0.491 e. The lowest BCUT2D eigenvalue weighted by Crippen LogP contribution is -2.47. The molecule has 2 N–H and O–H groups in total. The molecule has 0 heterocycles. The summed E-state index contributed by atoms with van der Waals surface area (Å²) in [7, 11) is 1.66. The minimum absolute atomic E-state index is 0.0138. The fourth-order valence-electron chi connectivity index (χ4n) is 1.77. The first-order valence-corrected chi connectivity index (χ1v) is 7.72. The van der Waals surface area contributed by atoms with Crippen molar-refractivity contribution in [2.24, 2.45) is 4.99 Å². The first kappa shape index (κ1) is 18.3. The van der Waals surface area contributed by atoms with Gasteiger partial charge < -0.3 is 20.1 Å². The van der Waals surface area contributed by atoms with Crippen LogP contribution in [-0.2, 0) is 11.3 Å². The Morgan fingerprint density at radius 2 is 1.82 bits per heavy atom. The summed E-state index contributed by atoms with van der Waals surface area (Å²) in [6.45, 7) is 11.0. The summed E-state index contributed by atoms with van der Waals surface area (Å²) < 4.78 is 10.5. The van der Waals surface area contributed by atoms with Gasteiger partial charge in [0.25, 0.3) is 0 Å². The van der Waals surface area contributed by atoms with E-state index in [9.17, 15) is 0 Å². The summed E-state index contributed by atoms with van der Waals surface area (Å²) in [4.78, 5) is 4.61. The zero-order valence-electron chi connectivity index (χ0n) is 14.4. The Labute approximate surface area is 134 Å². The minimum atomic E-state index is -0.0138. The number of guanidine groups is 1. The molecule has 0 saturated heterocycles. The number of benzene rings is 1. The standard InChI is InChI=1S/C17H29N3O2/c1-6-18-16(20-17(2,3)4)19-13-14-7-9-15(10-8-14)22-12-11-21-5/h7-10H,6,11-13H2,1-5H3,(H2,18,19,20). The summed E-state index contributed by atoms with van der Waals surface area (Å²) in [6.07, 6.45) is 0. The van der Waals surface area contributed by atoms with E-state index in [0.29, 0.717) is 19.8 Å². The van der Waals surface area contributed by atoms with Gasteiger partial charge in [-0.1, -0.05) is 12.1 Å². The lowest BCUT2D eigenvalue weighted by atomic mass is 10.1. The molecule has 0 aliphatic heterocycles. The van der Waals surface area contributed by atoms with Crippen LogP contribution < -0.4 is 15.4 Å². The zero-order valence-corrected chi connectivity index (χ0v) is 14.4. The van der Waals surface area contributed by atoms with Crippen LogP contribution >= 0.6 is 0 Å². The number of nitrogens with one attached hydrogen (secondary N) is 2. The van der Waals surface area contributed by atoms with E-state index >= 15 is 0 Å². The third-order valence-electron chi connectivity index (χ3n) is 2.74. The Balaban J connectivity index is 2.58. The van der Waals surface area contributed by atoms with Gasteiger partial charge in [-0.05, 0) is 45.4 Å². The predicted molar refractivity (Wildman–Crippen MR) is 91.5 cm³/mol. The van der Waals surface area contributed by atoms with E-state index in [2.05, 4.69) is 43.3 Å². The molecule has 5 heteroatoms. The average Bonchev–Trinajstić information content (AvgIpc) is 2.45. The van der Waals surface area contributed by atoms with Gasteiger partial charge in [0.2, 0.25) is 0 Å². The monoisotopic (exact) mass is 307 g/mol. The molecule has 0 spiro atoms. The summed E-state index contributed by atoms with van der Waals surface area (Å²) in [5, 5.41) is 6.63. The van der Waals surface area contributed by atoms with Gasteiger partial charge in [-0.25, -0.2) is 4.99 Å². The number of aliphatic imine (C=N–C) groups is 1. The molecule has 0 bridgehead atoms. The Hall–Kier alpha value is -1.75. The second-order valence-electron chi connectivity index (χ2n) is 6.06. The molecule has 0 amide bonds. The topological polar surface area (TPSA) is 54.9 Å². The van der Waals surface area contributed by atoms with Gasteiger partial charge in [-0.15, -0.1) is 0 Å². The smallest absolute Gasteiger partial charge is 0.191 e. The molecule has 0 unspecified atom stereocenters. The SMILES string of the molecule is CCNC(=NCc1ccc(OCCOC)cc1)NC(C)(C)C. The number of methoxy groups -OCH3 is 1. The number of rotatable bonds is 7. The third kappa shape index (κ3) is 7.88. The molecule has 1 aromatic carbocycles. The van der Waals surface area contributed by atoms with E-state index in [1.807, 2.05) is 24.3 Å². The van der Waals surface area contributed by atoms with Gasteiger partial charge in [-0.2, -0.15) is 0 Å². The van der Waals surface area contributed by atoms with Crippen LogP contribution in [0, 0.1) is 0 Å².